The van der Waals surface area contributed by atoms with Gasteiger partial charge in [0.25, 0.3) is 0 Å². The first kappa shape index (κ1) is 17.0. The van der Waals surface area contributed by atoms with E-state index in [2.05, 4.69) is 20.2 Å². The van der Waals surface area contributed by atoms with Crippen LogP contribution in [0.2, 0.25) is 0 Å². The summed E-state index contributed by atoms with van der Waals surface area (Å²) < 4.78 is 11.2. The lowest BCUT2D eigenvalue weighted by atomic mass is 10.2. The average molecular weight is 347 g/mol. The lowest BCUT2D eigenvalue weighted by molar-refractivity contribution is 0.0275. The summed E-state index contributed by atoms with van der Waals surface area (Å²) in [5.74, 6) is 0.759. The van der Waals surface area contributed by atoms with Crippen LogP contribution in [0.4, 0.5) is 4.79 Å². The number of hydrogen-bond acceptors (Lipinski definition) is 6. The van der Waals surface area contributed by atoms with E-state index in [1.165, 1.54) is 0 Å². The minimum Gasteiger partial charge on any atom is -0.472 e. The Hall–Kier alpha value is -2.84. The van der Waals surface area contributed by atoms with E-state index in [0.717, 1.165) is 0 Å². The Morgan fingerprint density at radius 2 is 2.16 bits per heavy atom. The van der Waals surface area contributed by atoms with Crippen LogP contribution in [0.25, 0.3) is 11.5 Å². The van der Waals surface area contributed by atoms with Crippen LogP contribution >= 0.6 is 0 Å². The Morgan fingerprint density at radius 1 is 1.36 bits per heavy atom. The van der Waals surface area contributed by atoms with Crippen LogP contribution in [-0.2, 0) is 4.74 Å². The fourth-order valence-electron chi connectivity index (χ4n) is 2.49. The molecule has 25 heavy (non-hydrogen) atoms. The highest BCUT2D eigenvalue weighted by Gasteiger charge is 2.31. The number of aromatic nitrogens is 4. The lowest BCUT2D eigenvalue weighted by Crippen LogP contribution is -2.36. The Labute approximate surface area is 144 Å². The molecule has 134 valence electrons. The second-order valence-electron chi connectivity index (χ2n) is 6.84. The van der Waals surface area contributed by atoms with Crippen molar-refractivity contribution >= 4 is 6.09 Å². The molecule has 1 amide bonds. The van der Waals surface area contributed by atoms with E-state index in [1.807, 2.05) is 20.8 Å². The second kappa shape index (κ2) is 6.58. The van der Waals surface area contributed by atoms with Crippen molar-refractivity contribution in [2.75, 3.05) is 13.1 Å². The Morgan fingerprint density at radius 3 is 2.84 bits per heavy atom. The molecule has 1 saturated heterocycles. The van der Waals surface area contributed by atoms with E-state index < -0.39 is 11.3 Å². The van der Waals surface area contributed by atoms with E-state index in [0.29, 0.717) is 36.9 Å². The summed E-state index contributed by atoms with van der Waals surface area (Å²) in [4.78, 5) is 31.7. The molecule has 3 rings (SSSR count). The molecule has 2 aromatic rings. The van der Waals surface area contributed by atoms with Crippen molar-refractivity contribution in [3.8, 4) is 17.4 Å². The fourth-order valence-corrected chi connectivity index (χ4v) is 2.49. The molecule has 1 fully saturated rings. The zero-order chi connectivity index (χ0) is 18.0. The molecule has 1 aliphatic rings. The van der Waals surface area contributed by atoms with Gasteiger partial charge in [-0.2, -0.15) is 5.10 Å². The van der Waals surface area contributed by atoms with Gasteiger partial charge in [-0.15, -0.1) is 0 Å². The van der Waals surface area contributed by atoms with Gasteiger partial charge in [-0.05, 0) is 26.8 Å². The molecule has 0 aromatic carbocycles. The first-order valence-corrected chi connectivity index (χ1v) is 8.07. The van der Waals surface area contributed by atoms with E-state index >= 15 is 0 Å². The normalized spacial score (nSPS) is 17.6. The van der Waals surface area contributed by atoms with Crippen LogP contribution in [-0.4, -0.2) is 56.0 Å². The molecule has 9 nitrogen and oxygen atoms in total. The van der Waals surface area contributed by atoms with Crippen LogP contribution in [0.1, 0.15) is 27.2 Å². The summed E-state index contributed by atoms with van der Waals surface area (Å²) in [6.07, 6.45) is 0.201. The number of nitrogens with zero attached hydrogens (tertiary/aromatic N) is 3. The number of pyridine rings is 1. The van der Waals surface area contributed by atoms with Crippen LogP contribution < -0.4 is 10.4 Å². The first-order chi connectivity index (χ1) is 11.8. The average Bonchev–Trinajstić information content (AvgIpc) is 3.15. The van der Waals surface area contributed by atoms with Gasteiger partial charge >= 0.3 is 11.8 Å². The molecule has 0 aliphatic carbocycles. The van der Waals surface area contributed by atoms with Crippen molar-refractivity contribution in [3.05, 3.63) is 28.7 Å². The third-order valence-electron chi connectivity index (χ3n) is 3.55. The summed E-state index contributed by atoms with van der Waals surface area (Å²) in [7, 11) is 0. The van der Waals surface area contributed by atoms with Gasteiger partial charge in [0.15, 0.2) is 5.82 Å². The monoisotopic (exact) mass is 347 g/mol. The predicted molar refractivity (Wildman–Crippen MR) is 89.3 cm³/mol. The molecule has 9 heteroatoms. The highest BCUT2D eigenvalue weighted by molar-refractivity contribution is 5.68. The molecule has 0 spiro atoms. The molecular formula is C16H21N5O4. The van der Waals surface area contributed by atoms with Gasteiger partial charge in [0.05, 0.1) is 6.54 Å². The number of ether oxygens (including phenoxy) is 2. The Bertz CT molecular complexity index is 807. The summed E-state index contributed by atoms with van der Waals surface area (Å²) in [6.45, 7) is 6.53. The predicted octanol–water partition coefficient (Wildman–Crippen LogP) is 1.55. The maximum absolute atomic E-state index is 12.1. The lowest BCUT2D eigenvalue weighted by Gasteiger charge is -2.24. The highest BCUT2D eigenvalue weighted by atomic mass is 16.6. The Kier molecular flexibility index (Phi) is 4.47. The number of aromatic amines is 2. The smallest absolute Gasteiger partial charge is 0.410 e. The fraction of sp³-hybridized carbons (Fsp3) is 0.500. The third kappa shape index (κ3) is 4.37. The zero-order valence-corrected chi connectivity index (χ0v) is 14.4. The first-order valence-electron chi connectivity index (χ1n) is 8.07. The van der Waals surface area contributed by atoms with Crippen LogP contribution in [0.3, 0.4) is 0 Å². The van der Waals surface area contributed by atoms with Gasteiger partial charge in [-0.25, -0.2) is 19.7 Å². The molecule has 2 aromatic heterocycles. The Balaban J connectivity index is 1.62. The van der Waals surface area contributed by atoms with Gasteiger partial charge in [0, 0.05) is 19.0 Å². The number of nitrogens with one attached hydrogen (secondary N) is 2. The number of rotatable bonds is 3. The molecule has 0 unspecified atom stereocenters. The summed E-state index contributed by atoms with van der Waals surface area (Å²) in [6, 6.07) is 5.22. The maximum atomic E-state index is 12.1. The molecule has 1 atom stereocenters. The number of carbonyl (C=O) groups excluding carboxylic acids is 1. The quantitative estimate of drug-likeness (QED) is 0.871. The van der Waals surface area contributed by atoms with Crippen molar-refractivity contribution in [1.82, 2.24) is 25.1 Å². The van der Waals surface area contributed by atoms with Crippen LogP contribution in [0.5, 0.6) is 5.88 Å². The van der Waals surface area contributed by atoms with Crippen LogP contribution in [0, 0.1) is 0 Å². The van der Waals surface area contributed by atoms with Gasteiger partial charge in [-0.1, -0.05) is 6.07 Å². The second-order valence-corrected chi connectivity index (χ2v) is 6.84. The standard InChI is InChI=1S/C16H21N5O4/c1-16(2,3)25-15(23)21-8-7-10(9-21)24-12-6-4-5-11(17-12)13-18-14(22)20-19-13/h4-6,10H,7-9H2,1-3H3,(H2,18,19,20,22)/t10-/m0/s1. The van der Waals surface area contributed by atoms with Crippen molar-refractivity contribution in [2.45, 2.75) is 38.9 Å². The van der Waals surface area contributed by atoms with Gasteiger partial charge < -0.3 is 14.4 Å². The maximum Gasteiger partial charge on any atom is 0.410 e. The molecular weight excluding hydrogens is 326 g/mol. The van der Waals surface area contributed by atoms with Crippen molar-refractivity contribution in [2.24, 2.45) is 0 Å². The van der Waals surface area contributed by atoms with E-state index in [1.54, 1.807) is 23.1 Å². The number of likely N-dealkylation sites (tertiary alicyclic amines) is 1. The SMILES string of the molecule is CC(C)(C)OC(=O)N1CC[C@H](Oc2cccc(-c3n[nH]c(=O)[nH]3)n2)C1. The van der Waals surface area contributed by atoms with E-state index in [9.17, 15) is 9.59 Å². The van der Waals surface area contributed by atoms with Gasteiger partial charge in [0.1, 0.15) is 17.4 Å². The van der Waals surface area contributed by atoms with Gasteiger partial charge in [-0.3, -0.25) is 4.98 Å². The molecule has 2 N–H and O–H groups in total. The number of H-pyrrole nitrogens is 2. The molecule has 0 saturated carbocycles. The zero-order valence-electron chi connectivity index (χ0n) is 14.4. The summed E-state index contributed by atoms with van der Waals surface area (Å²) in [5.41, 5.74) is -0.420. The highest BCUT2D eigenvalue weighted by Crippen LogP contribution is 2.21. The number of amides is 1. The minimum atomic E-state index is -0.521. The topological polar surface area (TPSA) is 113 Å². The van der Waals surface area contributed by atoms with E-state index in [-0.39, 0.29) is 12.2 Å². The van der Waals surface area contributed by atoms with Crippen molar-refractivity contribution in [3.63, 3.8) is 0 Å². The van der Waals surface area contributed by atoms with Crippen molar-refractivity contribution in [1.29, 1.82) is 0 Å². The largest absolute Gasteiger partial charge is 0.472 e. The summed E-state index contributed by atoms with van der Waals surface area (Å²) in [5, 5.41) is 6.14. The minimum absolute atomic E-state index is 0.159. The molecule has 1 aliphatic heterocycles. The number of carbonyl (C=O) groups is 1. The number of hydrogen-bond donors (Lipinski definition) is 2. The summed E-state index contributed by atoms with van der Waals surface area (Å²) >= 11 is 0. The molecule has 0 radical (unpaired) electrons. The van der Waals surface area contributed by atoms with Crippen LogP contribution in [0.15, 0.2) is 23.0 Å². The molecule has 3 heterocycles. The van der Waals surface area contributed by atoms with E-state index in [4.69, 9.17) is 9.47 Å². The van der Waals surface area contributed by atoms with Gasteiger partial charge in [0.2, 0.25) is 5.88 Å². The third-order valence-corrected chi connectivity index (χ3v) is 3.55. The van der Waals surface area contributed by atoms with Crippen molar-refractivity contribution < 1.29 is 14.3 Å². The molecule has 0 bridgehead atoms.